The number of hydrogen-bond donors (Lipinski definition) is 3. The van der Waals surface area contributed by atoms with Crippen LogP contribution in [0.2, 0.25) is 0 Å². The Bertz CT molecular complexity index is 863. The summed E-state index contributed by atoms with van der Waals surface area (Å²) in [5.41, 5.74) is 2.31. The number of rotatable bonds is 10. The summed E-state index contributed by atoms with van der Waals surface area (Å²) in [6.07, 6.45) is 3.65. The van der Waals surface area contributed by atoms with Crippen molar-refractivity contribution in [3.8, 4) is 5.75 Å². The monoisotopic (exact) mass is 436 g/mol. The number of para-hydroxylation sites is 1. The summed E-state index contributed by atoms with van der Waals surface area (Å²) in [5, 5.41) is 10.8. The van der Waals surface area contributed by atoms with Crippen LogP contribution in [0.25, 0.3) is 0 Å². The van der Waals surface area contributed by atoms with Crippen LogP contribution in [0, 0.1) is 0 Å². The van der Waals surface area contributed by atoms with E-state index >= 15 is 0 Å². The maximum Gasteiger partial charge on any atom is 0.191 e. The summed E-state index contributed by atoms with van der Waals surface area (Å²) < 4.78 is 11.4. The molecule has 1 heterocycles. The van der Waals surface area contributed by atoms with Gasteiger partial charge in [0.25, 0.3) is 0 Å². The number of ether oxygens (including phenoxy) is 2. The van der Waals surface area contributed by atoms with Crippen LogP contribution in [0.3, 0.4) is 0 Å². The molecule has 0 aliphatic carbocycles. The fourth-order valence-corrected chi connectivity index (χ4v) is 4.01. The second-order valence-corrected chi connectivity index (χ2v) is 8.16. The van der Waals surface area contributed by atoms with Gasteiger partial charge >= 0.3 is 0 Å². The molecule has 0 spiro atoms. The quantitative estimate of drug-likeness (QED) is 0.300. The SMILES string of the molecule is C=CCOc1ccccc1CNC(=NC)NCC1(NC(C)c2ccccc2)CCOCC1. The third-order valence-corrected chi connectivity index (χ3v) is 5.87. The molecule has 0 bridgehead atoms. The molecule has 172 valence electrons. The molecule has 1 unspecified atom stereocenters. The van der Waals surface area contributed by atoms with E-state index in [-0.39, 0.29) is 11.6 Å². The first-order valence-electron chi connectivity index (χ1n) is 11.3. The molecule has 2 aromatic carbocycles. The fourth-order valence-electron chi connectivity index (χ4n) is 4.01. The van der Waals surface area contributed by atoms with E-state index in [0.29, 0.717) is 13.2 Å². The van der Waals surface area contributed by atoms with E-state index < -0.39 is 0 Å². The molecule has 6 nitrogen and oxygen atoms in total. The normalized spacial score (nSPS) is 16.8. The second-order valence-electron chi connectivity index (χ2n) is 8.16. The summed E-state index contributed by atoms with van der Waals surface area (Å²) in [6, 6.07) is 18.8. The van der Waals surface area contributed by atoms with Crippen LogP contribution < -0.4 is 20.7 Å². The van der Waals surface area contributed by atoms with E-state index in [9.17, 15) is 0 Å². The minimum Gasteiger partial charge on any atom is -0.489 e. The number of guanidine groups is 1. The summed E-state index contributed by atoms with van der Waals surface area (Å²) in [4.78, 5) is 4.43. The largest absolute Gasteiger partial charge is 0.489 e. The van der Waals surface area contributed by atoms with Gasteiger partial charge in [0.15, 0.2) is 5.96 Å². The predicted molar refractivity (Wildman–Crippen MR) is 131 cm³/mol. The standard InChI is InChI=1S/C26H36N4O2/c1-4-16-32-24-13-9-8-12-23(24)19-28-25(27-3)29-20-26(14-17-31-18-15-26)30-21(2)22-10-6-5-7-11-22/h4-13,21,30H,1,14-20H2,2-3H3,(H2,27,28,29). The molecular formula is C26H36N4O2. The summed E-state index contributed by atoms with van der Waals surface area (Å²) in [6.45, 7) is 9.34. The van der Waals surface area contributed by atoms with Crippen molar-refractivity contribution >= 4 is 5.96 Å². The van der Waals surface area contributed by atoms with Crippen LogP contribution in [0.15, 0.2) is 72.2 Å². The molecule has 2 aromatic rings. The Morgan fingerprint density at radius 2 is 1.84 bits per heavy atom. The maximum absolute atomic E-state index is 5.77. The number of aliphatic imine (C=N–C) groups is 1. The number of hydrogen-bond acceptors (Lipinski definition) is 4. The van der Waals surface area contributed by atoms with Gasteiger partial charge in [0.1, 0.15) is 12.4 Å². The number of nitrogens with zero attached hydrogens (tertiary/aromatic N) is 1. The van der Waals surface area contributed by atoms with Crippen molar-refractivity contribution in [2.75, 3.05) is 33.4 Å². The highest BCUT2D eigenvalue weighted by Crippen LogP contribution is 2.25. The second kappa shape index (κ2) is 12.3. The average molecular weight is 437 g/mol. The van der Waals surface area contributed by atoms with Crippen LogP contribution in [0.5, 0.6) is 5.75 Å². The van der Waals surface area contributed by atoms with Crippen molar-refractivity contribution in [2.45, 2.75) is 37.9 Å². The minimum absolute atomic E-state index is 0.0594. The van der Waals surface area contributed by atoms with E-state index in [0.717, 1.165) is 49.9 Å². The Labute approximate surface area is 192 Å². The highest BCUT2D eigenvalue weighted by molar-refractivity contribution is 5.79. The van der Waals surface area contributed by atoms with Crippen molar-refractivity contribution in [3.05, 3.63) is 78.4 Å². The lowest BCUT2D eigenvalue weighted by Gasteiger charge is -2.41. The summed E-state index contributed by atoms with van der Waals surface area (Å²) in [5.74, 6) is 1.62. The number of benzene rings is 2. The van der Waals surface area contributed by atoms with Crippen LogP contribution in [0.1, 0.15) is 36.9 Å². The van der Waals surface area contributed by atoms with Gasteiger partial charge in [-0.2, -0.15) is 0 Å². The lowest BCUT2D eigenvalue weighted by molar-refractivity contribution is 0.0355. The molecule has 6 heteroatoms. The van der Waals surface area contributed by atoms with E-state index in [1.165, 1.54) is 5.56 Å². The summed E-state index contributed by atoms with van der Waals surface area (Å²) >= 11 is 0. The van der Waals surface area contributed by atoms with Gasteiger partial charge in [-0.05, 0) is 31.4 Å². The zero-order chi connectivity index (χ0) is 22.7. The van der Waals surface area contributed by atoms with Crippen molar-refractivity contribution < 1.29 is 9.47 Å². The molecule has 0 aromatic heterocycles. The molecule has 1 aliphatic rings. The van der Waals surface area contributed by atoms with E-state index in [1.54, 1.807) is 13.1 Å². The van der Waals surface area contributed by atoms with Gasteiger partial charge in [0, 0.05) is 50.5 Å². The van der Waals surface area contributed by atoms with Crippen LogP contribution in [-0.2, 0) is 11.3 Å². The molecule has 1 atom stereocenters. The van der Waals surface area contributed by atoms with Gasteiger partial charge in [-0.3, -0.25) is 4.99 Å². The molecule has 1 fully saturated rings. The zero-order valence-corrected chi connectivity index (χ0v) is 19.3. The number of nitrogens with one attached hydrogen (secondary N) is 3. The van der Waals surface area contributed by atoms with Gasteiger partial charge in [0.2, 0.25) is 0 Å². The van der Waals surface area contributed by atoms with Crippen LogP contribution in [-0.4, -0.2) is 44.9 Å². The molecule has 0 amide bonds. The van der Waals surface area contributed by atoms with E-state index in [2.05, 4.69) is 70.8 Å². The van der Waals surface area contributed by atoms with Crippen molar-refractivity contribution in [1.82, 2.24) is 16.0 Å². The van der Waals surface area contributed by atoms with Crippen molar-refractivity contribution in [3.63, 3.8) is 0 Å². The molecule has 1 aliphatic heterocycles. The smallest absolute Gasteiger partial charge is 0.191 e. The summed E-state index contributed by atoms with van der Waals surface area (Å²) in [7, 11) is 1.80. The highest BCUT2D eigenvalue weighted by Gasteiger charge is 2.34. The topological polar surface area (TPSA) is 66.9 Å². The molecule has 1 saturated heterocycles. The van der Waals surface area contributed by atoms with Crippen molar-refractivity contribution in [2.24, 2.45) is 4.99 Å². The zero-order valence-electron chi connectivity index (χ0n) is 19.3. The van der Waals surface area contributed by atoms with Gasteiger partial charge in [-0.15, -0.1) is 0 Å². The van der Waals surface area contributed by atoms with Crippen LogP contribution in [0.4, 0.5) is 0 Å². The third kappa shape index (κ3) is 6.84. The Balaban J connectivity index is 1.60. The third-order valence-electron chi connectivity index (χ3n) is 5.87. The van der Waals surface area contributed by atoms with E-state index in [1.807, 2.05) is 18.2 Å². The molecule has 0 saturated carbocycles. The molecule has 32 heavy (non-hydrogen) atoms. The van der Waals surface area contributed by atoms with Crippen LogP contribution >= 0.6 is 0 Å². The van der Waals surface area contributed by atoms with Gasteiger partial charge in [0.05, 0.1) is 0 Å². The first kappa shape index (κ1) is 23.8. The Hall–Kier alpha value is -2.83. The van der Waals surface area contributed by atoms with E-state index in [4.69, 9.17) is 9.47 Å². The fraction of sp³-hybridized carbons (Fsp3) is 0.423. The lowest BCUT2D eigenvalue weighted by atomic mass is 9.88. The predicted octanol–water partition coefficient (Wildman–Crippen LogP) is 3.82. The molecular weight excluding hydrogens is 400 g/mol. The minimum atomic E-state index is -0.0594. The Morgan fingerprint density at radius 1 is 1.12 bits per heavy atom. The Morgan fingerprint density at radius 3 is 2.56 bits per heavy atom. The van der Waals surface area contributed by atoms with Gasteiger partial charge < -0.3 is 25.4 Å². The Kier molecular flexibility index (Phi) is 9.13. The first-order chi connectivity index (χ1) is 15.7. The lowest BCUT2D eigenvalue weighted by Crippen LogP contribution is -2.58. The molecule has 0 radical (unpaired) electrons. The first-order valence-corrected chi connectivity index (χ1v) is 11.3. The maximum atomic E-state index is 5.77. The average Bonchev–Trinajstić information content (AvgIpc) is 2.84. The van der Waals surface area contributed by atoms with Gasteiger partial charge in [-0.1, -0.05) is 61.2 Å². The molecule has 3 rings (SSSR count). The highest BCUT2D eigenvalue weighted by atomic mass is 16.5. The molecule has 3 N–H and O–H groups in total. The van der Waals surface area contributed by atoms with Crippen molar-refractivity contribution in [1.29, 1.82) is 0 Å². The van der Waals surface area contributed by atoms with Gasteiger partial charge in [-0.25, -0.2) is 0 Å².